The highest BCUT2D eigenvalue weighted by molar-refractivity contribution is 8.02. The molecule has 0 radical (unpaired) electrons. The van der Waals surface area contributed by atoms with E-state index in [2.05, 4.69) is 10.3 Å². The Hall–Kier alpha value is -2.24. The summed E-state index contributed by atoms with van der Waals surface area (Å²) in [5, 5.41) is 23.5. The molecule has 1 aliphatic heterocycles. The van der Waals surface area contributed by atoms with Crippen LogP contribution >= 0.6 is 23.1 Å². The van der Waals surface area contributed by atoms with Gasteiger partial charge in [0.05, 0.1) is 12.3 Å². The molecule has 1 atom stereocenters. The summed E-state index contributed by atoms with van der Waals surface area (Å²) in [6, 6.07) is 3.29. The Bertz CT molecular complexity index is 815. The number of anilines is 1. The number of fused-ring (bicyclic) bond motifs is 1. The first-order valence-electron chi connectivity index (χ1n) is 7.13. The van der Waals surface area contributed by atoms with Crippen molar-refractivity contribution in [3.63, 3.8) is 0 Å². The number of hydrogen-bond donors (Lipinski definition) is 3. The maximum atomic E-state index is 11.5. The Morgan fingerprint density at radius 1 is 1.60 bits per heavy atom. The second kappa shape index (κ2) is 7.34. The molecule has 3 N–H and O–H groups in total. The number of carbonyl (C=O) groups excluding carboxylic acids is 1. The Balaban J connectivity index is 1.84. The summed E-state index contributed by atoms with van der Waals surface area (Å²) < 4.78 is 11.2. The van der Waals surface area contributed by atoms with Gasteiger partial charge < -0.3 is 24.8 Å². The number of benzene rings is 1. The number of rotatable bonds is 6. The van der Waals surface area contributed by atoms with Crippen LogP contribution < -0.4 is 14.7 Å². The number of aromatic nitrogens is 1. The van der Waals surface area contributed by atoms with Crippen molar-refractivity contribution in [1.82, 2.24) is 4.98 Å². The summed E-state index contributed by atoms with van der Waals surface area (Å²) in [5.74, 6) is -0.448. The fourth-order valence-electron chi connectivity index (χ4n) is 2.46. The monoisotopic (exact) mass is 380 g/mol. The number of ether oxygens (including phenoxy) is 1. The molecule has 11 heteroatoms. The molecular formula is C14H13BN2O6S2. The SMILES string of the molecule is COc1ccc2c(c1C(=O)O)OB(O)[C@@H](Sc1nc(NC=O)cs1)C2. The Morgan fingerprint density at radius 2 is 2.40 bits per heavy atom. The lowest BCUT2D eigenvalue weighted by Gasteiger charge is -2.28. The molecule has 25 heavy (non-hydrogen) atoms. The molecule has 0 aliphatic carbocycles. The third-order valence-corrected chi connectivity index (χ3v) is 5.76. The lowest BCUT2D eigenvalue weighted by molar-refractivity contribution is -0.105. The zero-order valence-electron chi connectivity index (χ0n) is 13.0. The van der Waals surface area contributed by atoms with E-state index in [1.807, 2.05) is 0 Å². The molecule has 0 saturated heterocycles. The highest BCUT2D eigenvalue weighted by Gasteiger charge is 2.39. The van der Waals surface area contributed by atoms with Gasteiger partial charge in [0.25, 0.3) is 0 Å². The van der Waals surface area contributed by atoms with Crippen molar-refractivity contribution in [3.8, 4) is 11.5 Å². The van der Waals surface area contributed by atoms with Gasteiger partial charge in [-0.1, -0.05) is 17.8 Å². The smallest absolute Gasteiger partial charge is 0.534 e. The number of thioether (sulfide) groups is 1. The first-order chi connectivity index (χ1) is 12.0. The number of nitrogens with zero attached hydrogens (tertiary/aromatic N) is 1. The number of carboxylic acids is 1. The van der Waals surface area contributed by atoms with Crippen LogP contribution in [-0.4, -0.2) is 46.9 Å². The van der Waals surface area contributed by atoms with E-state index >= 15 is 0 Å². The van der Waals surface area contributed by atoms with Crippen molar-refractivity contribution in [2.45, 2.75) is 15.9 Å². The van der Waals surface area contributed by atoms with E-state index in [0.29, 0.717) is 28.6 Å². The third kappa shape index (κ3) is 3.58. The molecule has 0 bridgehead atoms. The fraction of sp³-hybridized carbons (Fsp3) is 0.214. The molecule has 8 nitrogen and oxygen atoms in total. The molecule has 0 saturated carbocycles. The Morgan fingerprint density at radius 3 is 3.08 bits per heavy atom. The minimum absolute atomic E-state index is 0.103. The number of methoxy groups -OCH3 is 1. The van der Waals surface area contributed by atoms with Crippen LogP contribution in [0.25, 0.3) is 0 Å². The average Bonchev–Trinajstić information content (AvgIpc) is 3.02. The van der Waals surface area contributed by atoms with Crippen LogP contribution in [-0.2, 0) is 11.2 Å². The Labute approximate surface area is 151 Å². The summed E-state index contributed by atoms with van der Waals surface area (Å²) in [7, 11) is 0.175. The largest absolute Gasteiger partial charge is 0.537 e. The molecular weight excluding hydrogens is 367 g/mol. The van der Waals surface area contributed by atoms with Crippen molar-refractivity contribution < 1.29 is 29.1 Å². The zero-order valence-corrected chi connectivity index (χ0v) is 14.6. The standard InChI is InChI=1S/C14H13BN2O6S2/c1-22-8-3-2-7-4-9(15(21)23-12(7)11(8)13(19)20)25-14-17-10(5-24-14)16-6-18/h2-3,5-6,9,21H,4H2,1H3,(H,16,18)(H,19,20)/t9-/m0/s1. The third-order valence-electron chi connectivity index (χ3n) is 3.55. The van der Waals surface area contributed by atoms with Crippen LogP contribution in [0.5, 0.6) is 11.5 Å². The van der Waals surface area contributed by atoms with Crippen molar-refractivity contribution in [2.75, 3.05) is 12.4 Å². The van der Waals surface area contributed by atoms with E-state index in [-0.39, 0.29) is 22.2 Å². The molecule has 1 aromatic heterocycles. The number of nitrogens with one attached hydrogen (secondary N) is 1. The van der Waals surface area contributed by atoms with Gasteiger partial charge in [0.2, 0.25) is 6.41 Å². The topological polar surface area (TPSA) is 118 Å². The summed E-state index contributed by atoms with van der Waals surface area (Å²) in [5.41, 5.74) is 0.568. The average molecular weight is 380 g/mol. The number of amides is 1. The minimum Gasteiger partial charge on any atom is -0.534 e. The van der Waals surface area contributed by atoms with Crippen molar-refractivity contribution >= 4 is 48.4 Å². The quantitative estimate of drug-likeness (QED) is 0.510. The number of carboxylic acid groups (broad SMARTS) is 1. The van der Waals surface area contributed by atoms with Crippen LogP contribution in [0, 0.1) is 0 Å². The van der Waals surface area contributed by atoms with Crippen molar-refractivity contribution in [1.29, 1.82) is 0 Å². The number of carbonyl (C=O) groups is 2. The molecule has 2 heterocycles. The molecule has 1 aromatic carbocycles. The van der Waals surface area contributed by atoms with E-state index in [0.717, 1.165) is 0 Å². The van der Waals surface area contributed by atoms with E-state index in [9.17, 15) is 19.7 Å². The predicted octanol–water partition coefficient (Wildman–Crippen LogP) is 1.53. The predicted molar refractivity (Wildman–Crippen MR) is 93.7 cm³/mol. The molecule has 1 aliphatic rings. The Kier molecular flexibility index (Phi) is 5.16. The molecule has 130 valence electrons. The maximum absolute atomic E-state index is 11.5. The second-order valence-electron chi connectivity index (χ2n) is 5.07. The lowest BCUT2D eigenvalue weighted by Crippen LogP contribution is -2.40. The fourth-order valence-corrected chi connectivity index (χ4v) is 4.52. The molecule has 0 fully saturated rings. The second-order valence-corrected chi connectivity index (χ2v) is 7.41. The van der Waals surface area contributed by atoms with E-state index in [4.69, 9.17) is 9.39 Å². The first-order valence-corrected chi connectivity index (χ1v) is 8.89. The van der Waals surface area contributed by atoms with Crippen LogP contribution in [0.1, 0.15) is 15.9 Å². The molecule has 0 unspecified atom stereocenters. The van der Waals surface area contributed by atoms with Gasteiger partial charge in [-0.3, -0.25) is 4.79 Å². The van der Waals surface area contributed by atoms with Crippen LogP contribution in [0.2, 0.25) is 0 Å². The van der Waals surface area contributed by atoms with Gasteiger partial charge in [0.1, 0.15) is 22.9 Å². The number of hydrogen-bond acceptors (Lipinski definition) is 8. The van der Waals surface area contributed by atoms with Gasteiger partial charge in [0.15, 0.2) is 4.34 Å². The van der Waals surface area contributed by atoms with Crippen LogP contribution in [0.4, 0.5) is 5.82 Å². The summed E-state index contributed by atoms with van der Waals surface area (Å²) in [4.78, 5) is 26.2. The lowest BCUT2D eigenvalue weighted by atomic mass is 9.77. The maximum Gasteiger partial charge on any atom is 0.537 e. The zero-order chi connectivity index (χ0) is 18.0. The van der Waals surface area contributed by atoms with Gasteiger partial charge in [-0.2, -0.15) is 0 Å². The van der Waals surface area contributed by atoms with E-state index < -0.39 is 13.1 Å². The van der Waals surface area contributed by atoms with Gasteiger partial charge in [-0.25, -0.2) is 9.78 Å². The summed E-state index contributed by atoms with van der Waals surface area (Å²) in [6.45, 7) is 0. The molecule has 1 amide bonds. The summed E-state index contributed by atoms with van der Waals surface area (Å²) in [6.07, 6.45) is 0.945. The van der Waals surface area contributed by atoms with Gasteiger partial charge in [-0.15, -0.1) is 11.3 Å². The summed E-state index contributed by atoms with van der Waals surface area (Å²) >= 11 is 2.64. The molecule has 2 aromatic rings. The van der Waals surface area contributed by atoms with E-state index in [1.54, 1.807) is 17.5 Å². The highest BCUT2D eigenvalue weighted by atomic mass is 32.2. The van der Waals surface area contributed by atoms with Crippen LogP contribution in [0.15, 0.2) is 21.9 Å². The van der Waals surface area contributed by atoms with Gasteiger partial charge in [-0.05, 0) is 18.1 Å². The van der Waals surface area contributed by atoms with Gasteiger partial charge >= 0.3 is 13.1 Å². The molecule has 3 rings (SSSR count). The van der Waals surface area contributed by atoms with E-state index in [1.165, 1.54) is 30.2 Å². The van der Waals surface area contributed by atoms with Crippen LogP contribution in [0.3, 0.4) is 0 Å². The molecule has 0 spiro atoms. The number of thiazole rings is 1. The normalized spacial score (nSPS) is 15.9. The van der Waals surface area contributed by atoms with Gasteiger partial charge in [0, 0.05) is 5.38 Å². The highest BCUT2D eigenvalue weighted by Crippen LogP contribution is 2.40. The van der Waals surface area contributed by atoms with Crippen molar-refractivity contribution in [3.05, 3.63) is 28.6 Å². The first kappa shape index (κ1) is 17.6. The van der Waals surface area contributed by atoms with Crippen molar-refractivity contribution in [2.24, 2.45) is 0 Å². The minimum atomic E-state index is -1.20. The number of aromatic carboxylic acids is 1.